The Balaban J connectivity index is 2.76. The van der Waals surface area contributed by atoms with Gasteiger partial charge in [0.15, 0.2) is 0 Å². The highest BCUT2D eigenvalue weighted by atomic mass is 35.5. The minimum atomic E-state index is 0.116. The normalized spacial score (nSPS) is 10.7. The predicted molar refractivity (Wildman–Crippen MR) is 75.6 cm³/mol. The highest BCUT2D eigenvalue weighted by molar-refractivity contribution is 6.18. The van der Waals surface area contributed by atoms with Crippen molar-refractivity contribution in [2.45, 2.75) is 39.7 Å². The number of halogens is 1. The Hall–Kier alpha value is -1.03. The van der Waals surface area contributed by atoms with E-state index in [4.69, 9.17) is 16.3 Å². The van der Waals surface area contributed by atoms with Gasteiger partial charge in [0.05, 0.1) is 6.10 Å². The first-order valence-electron chi connectivity index (χ1n) is 6.48. The van der Waals surface area contributed by atoms with Crippen LogP contribution in [-0.4, -0.2) is 35.0 Å². The summed E-state index contributed by atoms with van der Waals surface area (Å²) in [5.74, 6) is 1.89. The van der Waals surface area contributed by atoms with Crippen molar-refractivity contribution in [3.05, 3.63) is 12.3 Å². The van der Waals surface area contributed by atoms with Gasteiger partial charge in [-0.15, -0.1) is 11.6 Å². The van der Waals surface area contributed by atoms with Crippen LogP contribution in [0.4, 0.5) is 5.95 Å². The topological polar surface area (TPSA) is 38.2 Å². The molecule has 0 N–H and O–H groups in total. The maximum atomic E-state index is 5.82. The Morgan fingerprint density at radius 2 is 2.17 bits per heavy atom. The fourth-order valence-corrected chi connectivity index (χ4v) is 1.76. The zero-order valence-electron chi connectivity index (χ0n) is 11.4. The number of unbranched alkanes of at least 4 members (excludes halogenated alkanes) is 1. The molecule has 1 aromatic rings. The van der Waals surface area contributed by atoms with E-state index in [1.165, 1.54) is 0 Å². The van der Waals surface area contributed by atoms with E-state index in [1.807, 2.05) is 13.8 Å². The largest absolute Gasteiger partial charge is 0.475 e. The van der Waals surface area contributed by atoms with Gasteiger partial charge in [0, 0.05) is 31.2 Å². The van der Waals surface area contributed by atoms with Gasteiger partial charge in [-0.25, -0.2) is 4.98 Å². The summed E-state index contributed by atoms with van der Waals surface area (Å²) in [6.07, 6.45) is 4.09. The molecule has 5 heteroatoms. The maximum absolute atomic E-state index is 5.82. The molecule has 0 spiro atoms. The maximum Gasteiger partial charge on any atom is 0.228 e. The lowest BCUT2D eigenvalue weighted by Crippen LogP contribution is -2.28. The van der Waals surface area contributed by atoms with Gasteiger partial charge in [-0.1, -0.05) is 13.3 Å². The van der Waals surface area contributed by atoms with E-state index in [0.717, 1.165) is 25.9 Å². The number of aromatic nitrogens is 2. The van der Waals surface area contributed by atoms with Crippen molar-refractivity contribution in [1.82, 2.24) is 9.97 Å². The molecule has 1 rings (SSSR count). The third-order valence-corrected chi connectivity index (χ3v) is 2.56. The molecule has 102 valence electrons. The highest BCUT2D eigenvalue weighted by Crippen LogP contribution is 2.14. The summed E-state index contributed by atoms with van der Waals surface area (Å²) in [6.45, 7) is 7.81. The first kappa shape index (κ1) is 15.0. The smallest absolute Gasteiger partial charge is 0.228 e. The van der Waals surface area contributed by atoms with Crippen LogP contribution in [0, 0.1) is 0 Å². The Kier molecular flexibility index (Phi) is 6.80. The third-order valence-electron chi connectivity index (χ3n) is 2.39. The Labute approximate surface area is 114 Å². The van der Waals surface area contributed by atoms with Gasteiger partial charge in [-0.2, -0.15) is 4.98 Å². The zero-order chi connectivity index (χ0) is 13.4. The van der Waals surface area contributed by atoms with Crippen molar-refractivity contribution in [3.8, 4) is 5.88 Å². The molecule has 4 nitrogen and oxygen atoms in total. The van der Waals surface area contributed by atoms with Crippen molar-refractivity contribution in [2.75, 3.05) is 23.9 Å². The summed E-state index contributed by atoms with van der Waals surface area (Å²) >= 11 is 5.82. The molecular weight excluding hydrogens is 250 g/mol. The summed E-state index contributed by atoms with van der Waals surface area (Å²) in [4.78, 5) is 10.8. The number of hydrogen-bond donors (Lipinski definition) is 0. The lowest BCUT2D eigenvalue weighted by atomic mass is 10.3. The summed E-state index contributed by atoms with van der Waals surface area (Å²) in [5, 5.41) is 0. The standard InChI is InChI=1S/C13H22ClN3O/c1-4-5-9-17(10-7-14)13-15-8-6-12(16-13)18-11(2)3/h6,8,11H,4-5,7,9-10H2,1-3H3. The quantitative estimate of drug-likeness (QED) is 0.681. The van der Waals surface area contributed by atoms with Crippen LogP contribution in [0.25, 0.3) is 0 Å². The van der Waals surface area contributed by atoms with Crippen LogP contribution >= 0.6 is 11.6 Å². The van der Waals surface area contributed by atoms with Crippen LogP contribution in [-0.2, 0) is 0 Å². The Morgan fingerprint density at radius 1 is 1.39 bits per heavy atom. The van der Waals surface area contributed by atoms with Crippen molar-refractivity contribution < 1.29 is 4.74 Å². The van der Waals surface area contributed by atoms with E-state index >= 15 is 0 Å². The van der Waals surface area contributed by atoms with Crippen molar-refractivity contribution >= 4 is 17.5 Å². The van der Waals surface area contributed by atoms with Gasteiger partial charge in [-0.05, 0) is 20.3 Å². The summed E-state index contributed by atoms with van der Waals surface area (Å²) in [7, 11) is 0. The molecule has 0 bridgehead atoms. The lowest BCUT2D eigenvalue weighted by Gasteiger charge is -2.21. The van der Waals surface area contributed by atoms with E-state index in [2.05, 4.69) is 21.8 Å². The van der Waals surface area contributed by atoms with Crippen molar-refractivity contribution in [3.63, 3.8) is 0 Å². The lowest BCUT2D eigenvalue weighted by molar-refractivity contribution is 0.232. The molecule has 0 saturated heterocycles. The molecule has 0 aliphatic heterocycles. The minimum Gasteiger partial charge on any atom is -0.475 e. The third kappa shape index (κ3) is 5.08. The highest BCUT2D eigenvalue weighted by Gasteiger charge is 2.10. The number of ether oxygens (including phenoxy) is 1. The molecule has 0 aromatic carbocycles. The van der Waals surface area contributed by atoms with Gasteiger partial charge < -0.3 is 9.64 Å². The van der Waals surface area contributed by atoms with E-state index in [1.54, 1.807) is 12.3 Å². The van der Waals surface area contributed by atoms with Gasteiger partial charge in [-0.3, -0.25) is 0 Å². The van der Waals surface area contributed by atoms with Crippen molar-refractivity contribution in [2.24, 2.45) is 0 Å². The SMILES string of the molecule is CCCCN(CCCl)c1nccc(OC(C)C)n1. The Morgan fingerprint density at radius 3 is 2.78 bits per heavy atom. The molecule has 0 amide bonds. The molecule has 0 saturated carbocycles. The van der Waals surface area contributed by atoms with Gasteiger partial charge in [0.2, 0.25) is 11.8 Å². The fraction of sp³-hybridized carbons (Fsp3) is 0.692. The molecule has 1 heterocycles. The average Bonchev–Trinajstić information content (AvgIpc) is 2.34. The number of hydrogen-bond acceptors (Lipinski definition) is 4. The summed E-state index contributed by atoms with van der Waals surface area (Å²) in [5.41, 5.74) is 0. The van der Waals surface area contributed by atoms with Gasteiger partial charge in [0.1, 0.15) is 0 Å². The zero-order valence-corrected chi connectivity index (χ0v) is 12.2. The number of rotatable bonds is 8. The van der Waals surface area contributed by atoms with Crippen LogP contribution in [0.15, 0.2) is 12.3 Å². The molecule has 0 radical (unpaired) electrons. The monoisotopic (exact) mass is 271 g/mol. The van der Waals surface area contributed by atoms with Crippen LogP contribution in [0.1, 0.15) is 33.6 Å². The van der Waals surface area contributed by atoms with Crippen LogP contribution < -0.4 is 9.64 Å². The second-order valence-electron chi connectivity index (χ2n) is 4.39. The second kappa shape index (κ2) is 8.14. The van der Waals surface area contributed by atoms with E-state index < -0.39 is 0 Å². The molecular formula is C13H22ClN3O. The average molecular weight is 272 g/mol. The van der Waals surface area contributed by atoms with E-state index in [9.17, 15) is 0 Å². The van der Waals surface area contributed by atoms with Crippen LogP contribution in [0.5, 0.6) is 5.88 Å². The minimum absolute atomic E-state index is 0.116. The van der Waals surface area contributed by atoms with E-state index in [0.29, 0.717) is 17.7 Å². The van der Waals surface area contributed by atoms with Gasteiger partial charge in [0.25, 0.3) is 0 Å². The molecule has 0 aliphatic carbocycles. The van der Waals surface area contributed by atoms with Crippen molar-refractivity contribution in [1.29, 1.82) is 0 Å². The van der Waals surface area contributed by atoms with Crippen LogP contribution in [0.3, 0.4) is 0 Å². The molecule has 18 heavy (non-hydrogen) atoms. The number of anilines is 1. The molecule has 0 fully saturated rings. The summed E-state index contributed by atoms with van der Waals surface area (Å²) < 4.78 is 5.58. The number of alkyl halides is 1. The van der Waals surface area contributed by atoms with Gasteiger partial charge >= 0.3 is 0 Å². The molecule has 1 aromatic heterocycles. The van der Waals surface area contributed by atoms with E-state index in [-0.39, 0.29) is 6.10 Å². The first-order chi connectivity index (χ1) is 8.67. The molecule has 0 atom stereocenters. The predicted octanol–water partition coefficient (Wildman–Crippen LogP) is 3.11. The van der Waals surface area contributed by atoms with Crippen LogP contribution in [0.2, 0.25) is 0 Å². The molecule has 0 unspecified atom stereocenters. The first-order valence-corrected chi connectivity index (χ1v) is 7.01. The number of nitrogens with zero attached hydrogens (tertiary/aromatic N) is 3. The Bertz CT molecular complexity index is 347. The molecule has 0 aliphatic rings. The fourth-order valence-electron chi connectivity index (χ4n) is 1.55. The summed E-state index contributed by atoms with van der Waals surface area (Å²) in [6, 6.07) is 1.78. The second-order valence-corrected chi connectivity index (χ2v) is 4.77.